The highest BCUT2D eigenvalue weighted by Crippen LogP contribution is 2.19. The van der Waals surface area contributed by atoms with Crippen LogP contribution in [-0.2, 0) is 16.1 Å². The van der Waals surface area contributed by atoms with Gasteiger partial charge in [0.2, 0.25) is 5.91 Å². The number of rotatable bonds is 4. The first-order chi connectivity index (χ1) is 12.2. The molecule has 2 amide bonds. The lowest BCUT2D eigenvalue weighted by atomic mass is 10.2. The summed E-state index contributed by atoms with van der Waals surface area (Å²) < 4.78 is 6.62. The van der Waals surface area contributed by atoms with E-state index in [1.807, 2.05) is 41.0 Å². The standard InChI is InChI=1S/C17H15N5O3/c23-16(13-9-25-17(24)21-13)19-8-11-4-3-7-18-15(11)22-10-20-12-5-1-2-6-14(12)22/h1-7,10,13H,8-9H2,(H,19,23)(H,21,24)/t13-/m0/s1. The minimum atomic E-state index is -0.665. The fourth-order valence-electron chi connectivity index (χ4n) is 2.74. The lowest BCUT2D eigenvalue weighted by Gasteiger charge is -2.12. The summed E-state index contributed by atoms with van der Waals surface area (Å²) in [6, 6.07) is 10.8. The molecule has 0 bridgehead atoms. The zero-order chi connectivity index (χ0) is 17.2. The van der Waals surface area contributed by atoms with Crippen LogP contribution in [0.2, 0.25) is 0 Å². The van der Waals surface area contributed by atoms with Crippen LogP contribution in [0.5, 0.6) is 0 Å². The van der Waals surface area contributed by atoms with Crippen LogP contribution in [0, 0.1) is 0 Å². The molecule has 8 nitrogen and oxygen atoms in total. The van der Waals surface area contributed by atoms with Crippen LogP contribution in [0.3, 0.4) is 0 Å². The van der Waals surface area contributed by atoms with E-state index in [1.54, 1.807) is 12.5 Å². The molecular formula is C17H15N5O3. The van der Waals surface area contributed by atoms with Gasteiger partial charge in [-0.2, -0.15) is 0 Å². The van der Waals surface area contributed by atoms with Crippen molar-refractivity contribution in [1.82, 2.24) is 25.2 Å². The number of fused-ring (bicyclic) bond motifs is 1. The van der Waals surface area contributed by atoms with Crippen molar-refractivity contribution >= 4 is 23.0 Å². The highest BCUT2D eigenvalue weighted by atomic mass is 16.6. The van der Waals surface area contributed by atoms with E-state index >= 15 is 0 Å². The van der Waals surface area contributed by atoms with Gasteiger partial charge < -0.3 is 15.4 Å². The minimum absolute atomic E-state index is 0.0384. The van der Waals surface area contributed by atoms with Gasteiger partial charge in [0, 0.05) is 18.3 Å². The van der Waals surface area contributed by atoms with E-state index in [0.717, 1.165) is 16.6 Å². The molecule has 1 aromatic carbocycles. The second-order valence-electron chi connectivity index (χ2n) is 5.60. The molecule has 4 rings (SSSR count). The number of benzene rings is 1. The summed E-state index contributed by atoms with van der Waals surface area (Å²) in [4.78, 5) is 32.0. The van der Waals surface area contributed by atoms with Crippen LogP contribution in [0.1, 0.15) is 5.56 Å². The van der Waals surface area contributed by atoms with Crippen molar-refractivity contribution in [2.45, 2.75) is 12.6 Å². The van der Waals surface area contributed by atoms with Gasteiger partial charge in [0.1, 0.15) is 24.8 Å². The van der Waals surface area contributed by atoms with Gasteiger partial charge in [0.05, 0.1) is 11.0 Å². The molecule has 8 heteroatoms. The number of carbonyl (C=O) groups excluding carboxylic acids is 2. The molecule has 0 unspecified atom stereocenters. The van der Waals surface area contributed by atoms with Crippen molar-refractivity contribution < 1.29 is 14.3 Å². The summed E-state index contributed by atoms with van der Waals surface area (Å²) in [5.74, 6) is 0.402. The summed E-state index contributed by atoms with van der Waals surface area (Å²) in [6.45, 7) is 0.317. The first kappa shape index (κ1) is 15.1. The Labute approximate surface area is 142 Å². The number of nitrogens with one attached hydrogen (secondary N) is 2. The molecule has 1 atom stereocenters. The maximum atomic E-state index is 12.1. The number of ether oxygens (including phenoxy) is 1. The van der Waals surface area contributed by atoms with Crippen LogP contribution in [0.15, 0.2) is 48.9 Å². The second kappa shape index (κ2) is 6.23. The van der Waals surface area contributed by atoms with Crippen molar-refractivity contribution in [2.24, 2.45) is 0 Å². The van der Waals surface area contributed by atoms with Crippen LogP contribution >= 0.6 is 0 Å². The van der Waals surface area contributed by atoms with Crippen molar-refractivity contribution in [3.8, 4) is 5.82 Å². The SMILES string of the molecule is O=C1N[C@H](C(=O)NCc2cccnc2-n2cnc3ccccc32)CO1. The molecule has 3 aromatic rings. The Morgan fingerprint density at radius 3 is 3.00 bits per heavy atom. The first-order valence-corrected chi connectivity index (χ1v) is 7.80. The topological polar surface area (TPSA) is 98.1 Å². The number of hydrogen-bond donors (Lipinski definition) is 2. The molecule has 0 radical (unpaired) electrons. The summed E-state index contributed by atoms with van der Waals surface area (Å²) >= 11 is 0. The molecule has 0 aliphatic carbocycles. The Bertz CT molecular complexity index is 952. The highest BCUT2D eigenvalue weighted by Gasteiger charge is 2.28. The van der Waals surface area contributed by atoms with Crippen LogP contribution in [0.4, 0.5) is 4.79 Å². The van der Waals surface area contributed by atoms with Gasteiger partial charge in [-0.3, -0.25) is 9.36 Å². The summed E-state index contributed by atoms with van der Waals surface area (Å²) in [7, 11) is 0. The van der Waals surface area contributed by atoms with E-state index in [0.29, 0.717) is 5.82 Å². The molecule has 1 saturated heterocycles. The average molecular weight is 337 g/mol. The van der Waals surface area contributed by atoms with Gasteiger partial charge in [-0.05, 0) is 18.2 Å². The van der Waals surface area contributed by atoms with E-state index in [9.17, 15) is 9.59 Å². The molecule has 126 valence electrons. The lowest BCUT2D eigenvalue weighted by Crippen LogP contribution is -2.42. The maximum Gasteiger partial charge on any atom is 0.407 e. The summed E-state index contributed by atoms with van der Waals surface area (Å²) in [6.07, 6.45) is 2.83. The van der Waals surface area contributed by atoms with E-state index in [2.05, 4.69) is 20.6 Å². The normalized spacial score (nSPS) is 16.5. The number of para-hydroxylation sites is 2. The molecule has 25 heavy (non-hydrogen) atoms. The van der Waals surface area contributed by atoms with E-state index in [4.69, 9.17) is 4.74 Å². The molecule has 2 aromatic heterocycles. The van der Waals surface area contributed by atoms with E-state index < -0.39 is 12.1 Å². The Hall–Kier alpha value is -3.42. The van der Waals surface area contributed by atoms with Gasteiger partial charge in [-0.15, -0.1) is 0 Å². The van der Waals surface area contributed by atoms with Crippen LogP contribution < -0.4 is 10.6 Å². The van der Waals surface area contributed by atoms with Crippen LogP contribution in [-0.4, -0.2) is 39.2 Å². The fraction of sp³-hybridized carbons (Fsp3) is 0.176. The van der Waals surface area contributed by atoms with Crippen LogP contribution in [0.25, 0.3) is 16.9 Å². The molecule has 3 heterocycles. The smallest absolute Gasteiger partial charge is 0.407 e. The summed E-state index contributed by atoms with van der Waals surface area (Å²) in [5, 5.41) is 5.26. The molecule has 1 aliphatic heterocycles. The third kappa shape index (κ3) is 2.89. The van der Waals surface area contributed by atoms with Crippen molar-refractivity contribution in [3.63, 3.8) is 0 Å². The molecule has 1 aliphatic rings. The van der Waals surface area contributed by atoms with E-state index in [-0.39, 0.29) is 19.1 Å². The third-order valence-electron chi connectivity index (χ3n) is 3.99. The molecular weight excluding hydrogens is 322 g/mol. The van der Waals surface area contributed by atoms with Gasteiger partial charge in [-0.1, -0.05) is 18.2 Å². The Morgan fingerprint density at radius 2 is 2.16 bits per heavy atom. The van der Waals surface area contributed by atoms with Crippen molar-refractivity contribution in [1.29, 1.82) is 0 Å². The third-order valence-corrected chi connectivity index (χ3v) is 3.99. The first-order valence-electron chi connectivity index (χ1n) is 7.80. The summed E-state index contributed by atoms with van der Waals surface area (Å²) in [5.41, 5.74) is 2.64. The fourth-order valence-corrected chi connectivity index (χ4v) is 2.74. The monoisotopic (exact) mass is 337 g/mol. The second-order valence-corrected chi connectivity index (χ2v) is 5.60. The largest absolute Gasteiger partial charge is 0.447 e. The molecule has 0 spiro atoms. The molecule has 2 N–H and O–H groups in total. The molecule has 1 fully saturated rings. The number of cyclic esters (lactones) is 1. The number of alkyl carbamates (subject to hydrolysis) is 1. The number of imidazole rings is 1. The average Bonchev–Trinajstić information content (AvgIpc) is 3.26. The lowest BCUT2D eigenvalue weighted by molar-refractivity contribution is -0.122. The zero-order valence-electron chi connectivity index (χ0n) is 13.2. The highest BCUT2D eigenvalue weighted by molar-refractivity contribution is 5.87. The number of nitrogens with zero attached hydrogens (tertiary/aromatic N) is 3. The van der Waals surface area contributed by atoms with E-state index in [1.165, 1.54) is 0 Å². The Morgan fingerprint density at radius 1 is 1.28 bits per heavy atom. The quantitative estimate of drug-likeness (QED) is 0.744. The van der Waals surface area contributed by atoms with Crippen molar-refractivity contribution in [2.75, 3.05) is 6.61 Å². The van der Waals surface area contributed by atoms with Crippen molar-refractivity contribution in [3.05, 3.63) is 54.5 Å². The van der Waals surface area contributed by atoms with Gasteiger partial charge in [-0.25, -0.2) is 14.8 Å². The van der Waals surface area contributed by atoms with Gasteiger partial charge >= 0.3 is 6.09 Å². The Kier molecular flexibility index (Phi) is 3.77. The number of pyridine rings is 1. The number of hydrogen-bond acceptors (Lipinski definition) is 5. The van der Waals surface area contributed by atoms with Gasteiger partial charge in [0.25, 0.3) is 0 Å². The number of aromatic nitrogens is 3. The molecule has 0 saturated carbocycles. The predicted octanol–water partition coefficient (Wildman–Crippen LogP) is 1.15. The zero-order valence-corrected chi connectivity index (χ0v) is 13.2. The Balaban J connectivity index is 1.57. The predicted molar refractivity (Wildman–Crippen MR) is 89.0 cm³/mol. The number of carbonyl (C=O) groups is 2. The van der Waals surface area contributed by atoms with Gasteiger partial charge in [0.15, 0.2) is 0 Å². The number of amides is 2. The minimum Gasteiger partial charge on any atom is -0.447 e. The maximum absolute atomic E-state index is 12.1.